The Bertz CT molecular complexity index is 860. The molecule has 0 radical (unpaired) electrons. The molecular formula is C25H34N2O2. The molecule has 2 amide bonds. The molecule has 0 aromatic heterocycles. The average Bonchev–Trinajstić information content (AvgIpc) is 2.69. The maximum atomic E-state index is 13.3. The number of rotatable bonds is 8. The molecule has 0 spiro atoms. The first-order chi connectivity index (χ1) is 13.7. The highest BCUT2D eigenvalue weighted by Crippen LogP contribution is 2.17. The molecule has 0 heterocycles. The summed E-state index contributed by atoms with van der Waals surface area (Å²) >= 11 is 0. The number of benzene rings is 2. The lowest BCUT2D eigenvalue weighted by Crippen LogP contribution is -2.50. The van der Waals surface area contributed by atoms with E-state index < -0.39 is 6.04 Å². The van der Waals surface area contributed by atoms with E-state index in [1.807, 2.05) is 64.1 Å². The van der Waals surface area contributed by atoms with Gasteiger partial charge in [-0.25, -0.2) is 0 Å². The summed E-state index contributed by atoms with van der Waals surface area (Å²) in [4.78, 5) is 27.8. The summed E-state index contributed by atoms with van der Waals surface area (Å²) in [7, 11) is 0. The van der Waals surface area contributed by atoms with Crippen molar-refractivity contribution in [2.75, 3.05) is 0 Å². The molecule has 0 bridgehead atoms. The predicted molar refractivity (Wildman–Crippen MR) is 119 cm³/mol. The zero-order chi connectivity index (χ0) is 21.6. The monoisotopic (exact) mass is 394 g/mol. The van der Waals surface area contributed by atoms with Gasteiger partial charge in [0.2, 0.25) is 11.8 Å². The van der Waals surface area contributed by atoms with Gasteiger partial charge in [0.05, 0.1) is 6.42 Å². The van der Waals surface area contributed by atoms with Crippen molar-refractivity contribution < 1.29 is 9.59 Å². The Kier molecular flexibility index (Phi) is 8.00. The standard InChI is InChI=1S/C25H34N2O2/c1-7-20(5)26-25(29)21(6)27(16-23-11-9-8-10-18(23)3)24(28)15-22-13-12-17(2)19(4)14-22/h8-14,20-21H,7,15-16H2,1-6H3,(H,26,29)/t20-,21+/m0/s1. The molecule has 1 N–H and O–H groups in total. The maximum Gasteiger partial charge on any atom is 0.242 e. The fourth-order valence-electron chi connectivity index (χ4n) is 3.21. The minimum atomic E-state index is -0.539. The van der Waals surface area contributed by atoms with Gasteiger partial charge in [-0.2, -0.15) is 0 Å². The molecule has 0 saturated heterocycles. The first-order valence-electron chi connectivity index (χ1n) is 10.4. The topological polar surface area (TPSA) is 49.4 Å². The summed E-state index contributed by atoms with van der Waals surface area (Å²) in [6.45, 7) is 12.4. The zero-order valence-electron chi connectivity index (χ0n) is 18.6. The molecule has 0 aliphatic rings. The summed E-state index contributed by atoms with van der Waals surface area (Å²) in [6.07, 6.45) is 1.14. The van der Waals surface area contributed by atoms with Gasteiger partial charge >= 0.3 is 0 Å². The van der Waals surface area contributed by atoms with Crippen LogP contribution < -0.4 is 5.32 Å². The second-order valence-electron chi connectivity index (χ2n) is 8.04. The van der Waals surface area contributed by atoms with Gasteiger partial charge in [-0.05, 0) is 68.9 Å². The number of amides is 2. The highest BCUT2D eigenvalue weighted by Gasteiger charge is 2.27. The summed E-state index contributed by atoms with van der Waals surface area (Å²) in [5, 5.41) is 3.01. The number of nitrogens with zero attached hydrogens (tertiary/aromatic N) is 1. The van der Waals surface area contributed by atoms with Crippen LogP contribution in [-0.2, 0) is 22.6 Å². The minimum Gasteiger partial charge on any atom is -0.352 e. The fourth-order valence-corrected chi connectivity index (χ4v) is 3.21. The lowest BCUT2D eigenvalue weighted by Gasteiger charge is -2.30. The number of nitrogens with one attached hydrogen (secondary N) is 1. The van der Waals surface area contributed by atoms with E-state index in [0.717, 1.165) is 23.1 Å². The van der Waals surface area contributed by atoms with E-state index in [2.05, 4.69) is 25.2 Å². The van der Waals surface area contributed by atoms with E-state index in [1.165, 1.54) is 11.1 Å². The molecule has 0 unspecified atom stereocenters. The van der Waals surface area contributed by atoms with Gasteiger partial charge in [-0.3, -0.25) is 9.59 Å². The predicted octanol–water partition coefficient (Wildman–Crippen LogP) is 4.49. The number of carbonyl (C=O) groups is 2. The van der Waals surface area contributed by atoms with Crippen LogP contribution in [0.25, 0.3) is 0 Å². The lowest BCUT2D eigenvalue weighted by molar-refractivity contribution is -0.140. The average molecular weight is 395 g/mol. The summed E-state index contributed by atoms with van der Waals surface area (Å²) < 4.78 is 0. The lowest BCUT2D eigenvalue weighted by atomic mass is 10.0. The summed E-state index contributed by atoms with van der Waals surface area (Å²) in [5.41, 5.74) is 5.53. The number of hydrogen-bond acceptors (Lipinski definition) is 2. The minimum absolute atomic E-state index is 0.0386. The van der Waals surface area contributed by atoms with Crippen molar-refractivity contribution >= 4 is 11.8 Å². The van der Waals surface area contributed by atoms with Crippen molar-refractivity contribution in [2.45, 2.75) is 73.0 Å². The van der Waals surface area contributed by atoms with Crippen LogP contribution in [0.5, 0.6) is 0 Å². The Morgan fingerprint density at radius 2 is 1.66 bits per heavy atom. The molecule has 29 heavy (non-hydrogen) atoms. The maximum absolute atomic E-state index is 13.3. The fraction of sp³-hybridized carbons (Fsp3) is 0.440. The number of aryl methyl sites for hydroxylation is 3. The second kappa shape index (κ2) is 10.2. The second-order valence-corrected chi connectivity index (χ2v) is 8.04. The number of carbonyl (C=O) groups excluding carboxylic acids is 2. The molecule has 0 saturated carbocycles. The molecule has 4 heteroatoms. The number of hydrogen-bond donors (Lipinski definition) is 1. The summed E-state index contributed by atoms with van der Waals surface area (Å²) in [6, 6.07) is 13.7. The Balaban J connectivity index is 2.27. The molecule has 156 valence electrons. The molecule has 0 aliphatic heterocycles. The van der Waals surface area contributed by atoms with Gasteiger partial charge in [0.25, 0.3) is 0 Å². The third-order valence-corrected chi connectivity index (χ3v) is 5.70. The first kappa shape index (κ1) is 22.7. The Labute approximate surface area is 175 Å². The Morgan fingerprint density at radius 1 is 0.966 bits per heavy atom. The van der Waals surface area contributed by atoms with E-state index in [1.54, 1.807) is 4.90 Å². The molecule has 2 atom stereocenters. The highest BCUT2D eigenvalue weighted by atomic mass is 16.2. The van der Waals surface area contributed by atoms with Gasteiger partial charge < -0.3 is 10.2 Å². The van der Waals surface area contributed by atoms with Crippen LogP contribution in [0.1, 0.15) is 55.0 Å². The smallest absolute Gasteiger partial charge is 0.242 e. The molecule has 2 rings (SSSR count). The first-order valence-corrected chi connectivity index (χ1v) is 10.4. The van der Waals surface area contributed by atoms with Crippen LogP contribution in [0.15, 0.2) is 42.5 Å². The molecule has 2 aromatic carbocycles. The van der Waals surface area contributed by atoms with E-state index in [0.29, 0.717) is 6.54 Å². The van der Waals surface area contributed by atoms with Gasteiger partial charge in [0, 0.05) is 12.6 Å². The third kappa shape index (κ3) is 6.18. The van der Waals surface area contributed by atoms with Crippen LogP contribution in [-0.4, -0.2) is 28.8 Å². The van der Waals surface area contributed by atoms with Crippen molar-refractivity contribution in [1.29, 1.82) is 0 Å². The van der Waals surface area contributed by atoms with Crippen LogP contribution in [0, 0.1) is 20.8 Å². The van der Waals surface area contributed by atoms with E-state index in [9.17, 15) is 9.59 Å². The van der Waals surface area contributed by atoms with Crippen LogP contribution in [0.2, 0.25) is 0 Å². The Hall–Kier alpha value is -2.62. The van der Waals surface area contributed by atoms with Crippen LogP contribution >= 0.6 is 0 Å². The highest BCUT2D eigenvalue weighted by molar-refractivity contribution is 5.88. The van der Waals surface area contributed by atoms with Gasteiger partial charge in [0.15, 0.2) is 0 Å². The van der Waals surface area contributed by atoms with Gasteiger partial charge in [0.1, 0.15) is 6.04 Å². The molecule has 4 nitrogen and oxygen atoms in total. The third-order valence-electron chi connectivity index (χ3n) is 5.70. The van der Waals surface area contributed by atoms with E-state index in [-0.39, 0.29) is 24.3 Å². The van der Waals surface area contributed by atoms with Crippen molar-refractivity contribution in [3.8, 4) is 0 Å². The van der Waals surface area contributed by atoms with Crippen LogP contribution in [0.3, 0.4) is 0 Å². The van der Waals surface area contributed by atoms with E-state index in [4.69, 9.17) is 0 Å². The zero-order valence-corrected chi connectivity index (χ0v) is 18.6. The quantitative estimate of drug-likeness (QED) is 0.717. The normalized spacial score (nSPS) is 12.9. The molecular weight excluding hydrogens is 360 g/mol. The van der Waals surface area contributed by atoms with Crippen LogP contribution in [0.4, 0.5) is 0 Å². The van der Waals surface area contributed by atoms with Gasteiger partial charge in [-0.1, -0.05) is 49.4 Å². The van der Waals surface area contributed by atoms with Crippen molar-refractivity contribution in [1.82, 2.24) is 10.2 Å². The van der Waals surface area contributed by atoms with Crippen molar-refractivity contribution in [2.24, 2.45) is 0 Å². The molecule has 0 aliphatic carbocycles. The Morgan fingerprint density at radius 3 is 2.28 bits per heavy atom. The molecule has 0 fully saturated rings. The van der Waals surface area contributed by atoms with Crippen molar-refractivity contribution in [3.63, 3.8) is 0 Å². The largest absolute Gasteiger partial charge is 0.352 e. The van der Waals surface area contributed by atoms with Gasteiger partial charge in [-0.15, -0.1) is 0 Å². The summed E-state index contributed by atoms with van der Waals surface area (Å²) in [5.74, 6) is -0.148. The van der Waals surface area contributed by atoms with E-state index >= 15 is 0 Å². The molecule has 2 aromatic rings. The SMILES string of the molecule is CC[C@H](C)NC(=O)[C@@H](C)N(Cc1ccccc1C)C(=O)Cc1ccc(C)c(C)c1. The van der Waals surface area contributed by atoms with Crippen molar-refractivity contribution in [3.05, 3.63) is 70.3 Å².